The number of benzene rings is 4. The van der Waals surface area contributed by atoms with E-state index in [9.17, 15) is 40.9 Å². The summed E-state index contributed by atoms with van der Waals surface area (Å²) in [6.45, 7) is 0. The van der Waals surface area contributed by atoms with Crippen molar-refractivity contribution < 1.29 is 40.9 Å². The summed E-state index contributed by atoms with van der Waals surface area (Å²) in [4.78, 5) is 0. The first-order chi connectivity index (χ1) is 24.0. The molecule has 264 valence electrons. The average molecular weight is 681 g/mol. The highest BCUT2D eigenvalue weighted by atomic mass is 16.3. The van der Waals surface area contributed by atoms with Crippen molar-refractivity contribution in [2.45, 2.75) is 114 Å². The second-order valence-electron chi connectivity index (χ2n) is 15.0. The van der Waals surface area contributed by atoms with Gasteiger partial charge in [0.05, 0.1) is 0 Å². The normalized spacial score (nSPS) is 22.7. The van der Waals surface area contributed by atoms with Gasteiger partial charge in [0.15, 0.2) is 0 Å². The van der Waals surface area contributed by atoms with Crippen molar-refractivity contribution in [3.05, 3.63) is 93.0 Å². The number of phenolic OH excluding ortho intramolecular Hbond substituents is 8. The van der Waals surface area contributed by atoms with Crippen molar-refractivity contribution in [2.75, 3.05) is 0 Å². The van der Waals surface area contributed by atoms with E-state index in [-0.39, 0.29) is 82.5 Å². The summed E-state index contributed by atoms with van der Waals surface area (Å²) in [5, 5.41) is 87.7. The lowest BCUT2D eigenvalue weighted by atomic mass is 9.78. The second-order valence-corrected chi connectivity index (χ2v) is 15.0. The first kappa shape index (κ1) is 33.8. The number of hydrogen-bond acceptors (Lipinski definition) is 8. The smallest absolute Gasteiger partial charge is 0.122 e. The highest BCUT2D eigenvalue weighted by molar-refractivity contribution is 5.54. The van der Waals surface area contributed by atoms with Gasteiger partial charge in [0, 0.05) is 37.1 Å². The number of aromatic hydroxyl groups is 8. The Labute approximate surface area is 293 Å². The topological polar surface area (TPSA) is 162 Å². The van der Waals surface area contributed by atoms with Gasteiger partial charge in [-0.1, -0.05) is 25.7 Å². The molecule has 0 atom stereocenters. The molecule has 0 aliphatic heterocycles. The van der Waals surface area contributed by atoms with Crippen molar-refractivity contribution in [3.63, 3.8) is 0 Å². The molecule has 8 heteroatoms. The second kappa shape index (κ2) is 13.9. The molecule has 6 aliphatic carbocycles. The van der Waals surface area contributed by atoms with E-state index in [2.05, 4.69) is 0 Å². The van der Waals surface area contributed by atoms with Crippen molar-refractivity contribution in [1.82, 2.24) is 0 Å². The molecule has 0 unspecified atom stereocenters. The first-order valence-corrected chi connectivity index (χ1v) is 18.2. The van der Waals surface area contributed by atoms with E-state index in [1.807, 2.05) is 24.3 Å². The van der Waals surface area contributed by atoms with Crippen LogP contribution in [0.4, 0.5) is 0 Å². The van der Waals surface area contributed by atoms with E-state index in [0.29, 0.717) is 22.3 Å². The van der Waals surface area contributed by atoms with E-state index in [1.54, 1.807) is 0 Å². The first-order valence-electron chi connectivity index (χ1n) is 18.2. The van der Waals surface area contributed by atoms with Gasteiger partial charge in [-0.15, -0.1) is 0 Å². The fraction of sp³-hybridized carbons (Fsp3) is 0.429. The standard InChI is InChI=1S/C42H48O8/c43-35-19-39(47)31-15-27(35)13-29-17-33(41(49)21-37(29)45)25-9-3-10-26(12-4-11-25)34-18-30(38(46)22-42(34)50)14-28-16-32(40(48)20-36(28)44)24-6-1-5-23(31)7-2-8-24/h15-26,43-50H,1-14H2. The molecule has 4 aromatic rings. The lowest BCUT2D eigenvalue weighted by Crippen LogP contribution is -2.10. The molecule has 10 rings (SSSR count). The fourth-order valence-corrected chi connectivity index (χ4v) is 9.11. The van der Waals surface area contributed by atoms with E-state index in [4.69, 9.17) is 0 Å². The molecule has 0 amide bonds. The maximum atomic E-state index is 11.0. The SMILES string of the molecule is Oc1cc(O)c2cc1Cc1cc(c(O)cc1O)C1CCCC(CCC1)c1cc(c(O)cc1O)Cc1cc(c(O)cc1O)C1CCCC2CCC1. The van der Waals surface area contributed by atoms with Gasteiger partial charge in [-0.2, -0.15) is 0 Å². The summed E-state index contributed by atoms with van der Waals surface area (Å²) in [6, 6.07) is 13.1. The zero-order valence-electron chi connectivity index (χ0n) is 28.4. The van der Waals surface area contributed by atoms with Crippen LogP contribution in [0.25, 0.3) is 0 Å². The summed E-state index contributed by atoms with van der Waals surface area (Å²) < 4.78 is 0. The Hall–Kier alpha value is -4.72. The lowest BCUT2D eigenvalue weighted by molar-refractivity contribution is 0.388. The van der Waals surface area contributed by atoms with Gasteiger partial charge in [0.25, 0.3) is 0 Å². The number of rotatable bonds is 0. The van der Waals surface area contributed by atoms with Gasteiger partial charge in [-0.3, -0.25) is 0 Å². The summed E-state index contributed by atoms with van der Waals surface area (Å²) in [5.41, 5.74) is 5.54. The van der Waals surface area contributed by atoms with E-state index in [0.717, 1.165) is 99.3 Å². The van der Waals surface area contributed by atoms with Gasteiger partial charge < -0.3 is 40.9 Å². The summed E-state index contributed by atoms with van der Waals surface area (Å²) in [6.07, 6.45) is 10.3. The highest BCUT2D eigenvalue weighted by Crippen LogP contribution is 2.47. The Balaban J connectivity index is 1.30. The van der Waals surface area contributed by atoms with Crippen LogP contribution in [0.1, 0.15) is 145 Å². The predicted molar refractivity (Wildman–Crippen MR) is 191 cm³/mol. The van der Waals surface area contributed by atoms with Crippen LogP contribution in [-0.4, -0.2) is 40.9 Å². The minimum absolute atomic E-state index is 0.0381. The van der Waals surface area contributed by atoms with Crippen LogP contribution in [-0.2, 0) is 12.8 Å². The highest BCUT2D eigenvalue weighted by Gasteiger charge is 2.28. The van der Waals surface area contributed by atoms with E-state index < -0.39 is 0 Å². The lowest BCUT2D eigenvalue weighted by Gasteiger charge is -2.28. The quantitative estimate of drug-likeness (QED) is 0.0911. The third-order valence-corrected chi connectivity index (χ3v) is 11.9. The average Bonchev–Trinajstić information content (AvgIpc) is 3.03. The van der Waals surface area contributed by atoms with E-state index in [1.165, 1.54) is 24.3 Å². The zero-order chi connectivity index (χ0) is 35.1. The Morgan fingerprint density at radius 2 is 0.480 bits per heavy atom. The van der Waals surface area contributed by atoms with Crippen LogP contribution in [0.5, 0.6) is 46.0 Å². The molecular weight excluding hydrogens is 632 g/mol. The van der Waals surface area contributed by atoms with Gasteiger partial charge in [0.2, 0.25) is 0 Å². The maximum absolute atomic E-state index is 11.0. The maximum Gasteiger partial charge on any atom is 0.122 e. The molecule has 2 saturated carbocycles. The van der Waals surface area contributed by atoms with Crippen LogP contribution < -0.4 is 0 Å². The van der Waals surface area contributed by atoms with Crippen molar-refractivity contribution >= 4 is 0 Å². The Bertz CT molecular complexity index is 1610. The molecule has 6 aliphatic rings. The molecular formula is C42H48O8. The molecule has 0 heterocycles. The third kappa shape index (κ3) is 6.72. The number of hydrogen-bond donors (Lipinski definition) is 8. The minimum Gasteiger partial charge on any atom is -0.508 e. The summed E-state index contributed by atoms with van der Waals surface area (Å²) in [7, 11) is 0. The summed E-state index contributed by atoms with van der Waals surface area (Å²) >= 11 is 0. The number of phenols is 8. The van der Waals surface area contributed by atoms with Crippen molar-refractivity contribution in [1.29, 1.82) is 0 Å². The molecule has 50 heavy (non-hydrogen) atoms. The van der Waals surface area contributed by atoms with Crippen LogP contribution in [0, 0.1) is 0 Å². The Morgan fingerprint density at radius 3 is 0.680 bits per heavy atom. The molecule has 8 N–H and O–H groups in total. The minimum atomic E-state index is -0.0381. The Morgan fingerprint density at radius 1 is 0.280 bits per heavy atom. The molecule has 12 bridgehead atoms. The van der Waals surface area contributed by atoms with Crippen molar-refractivity contribution in [2.24, 2.45) is 0 Å². The Kier molecular flexibility index (Phi) is 9.38. The predicted octanol–water partition coefficient (Wildman–Crippen LogP) is 9.27. The largest absolute Gasteiger partial charge is 0.508 e. The van der Waals surface area contributed by atoms with Gasteiger partial charge >= 0.3 is 0 Å². The van der Waals surface area contributed by atoms with Crippen molar-refractivity contribution in [3.8, 4) is 46.0 Å². The fourth-order valence-electron chi connectivity index (χ4n) is 9.11. The molecule has 0 spiro atoms. The molecule has 8 nitrogen and oxygen atoms in total. The van der Waals surface area contributed by atoms with Crippen LogP contribution in [0.3, 0.4) is 0 Å². The third-order valence-electron chi connectivity index (χ3n) is 11.9. The zero-order valence-corrected chi connectivity index (χ0v) is 28.4. The monoisotopic (exact) mass is 680 g/mol. The molecule has 0 saturated heterocycles. The molecule has 4 aromatic carbocycles. The van der Waals surface area contributed by atoms with Crippen LogP contribution >= 0.6 is 0 Å². The van der Waals surface area contributed by atoms with E-state index >= 15 is 0 Å². The van der Waals surface area contributed by atoms with Gasteiger partial charge in [-0.05, 0) is 144 Å². The molecule has 2 fully saturated rings. The van der Waals surface area contributed by atoms with Gasteiger partial charge in [-0.25, -0.2) is 0 Å². The van der Waals surface area contributed by atoms with Crippen LogP contribution in [0.2, 0.25) is 0 Å². The van der Waals surface area contributed by atoms with Crippen LogP contribution in [0.15, 0.2) is 48.5 Å². The summed E-state index contributed by atoms with van der Waals surface area (Å²) in [5.74, 6) is 0.344. The van der Waals surface area contributed by atoms with Gasteiger partial charge in [0.1, 0.15) is 46.0 Å². The molecule has 0 aromatic heterocycles. The molecule has 0 radical (unpaired) electrons.